The lowest BCUT2D eigenvalue weighted by molar-refractivity contribution is 0.181. The Kier molecular flexibility index (Phi) is 3.34. The van der Waals surface area contributed by atoms with Gasteiger partial charge in [0.15, 0.2) is 5.82 Å². The van der Waals surface area contributed by atoms with Crippen LogP contribution in [-0.4, -0.2) is 33.9 Å². The van der Waals surface area contributed by atoms with Gasteiger partial charge in [0.25, 0.3) is 0 Å². The Hall–Kier alpha value is -1.95. The summed E-state index contributed by atoms with van der Waals surface area (Å²) in [7, 11) is 5.33. The molecule has 2 aromatic heterocycles. The maximum absolute atomic E-state index is 5.08. The van der Waals surface area contributed by atoms with Crippen LogP contribution in [0.4, 0.5) is 5.82 Å². The molecule has 1 N–H and O–H groups in total. The Balaban J connectivity index is 2.42. The average molecular weight is 233 g/mol. The molecule has 0 amide bonds. The number of hydrogen-bond donors (Lipinski definition) is 1. The highest BCUT2D eigenvalue weighted by Crippen LogP contribution is 2.17. The fourth-order valence-corrected chi connectivity index (χ4v) is 1.51. The monoisotopic (exact) mass is 233 g/mol. The second-order valence-electron chi connectivity index (χ2n) is 3.65. The zero-order valence-electron chi connectivity index (χ0n) is 10.1. The molecule has 90 valence electrons. The summed E-state index contributed by atoms with van der Waals surface area (Å²) in [6.07, 6.45) is 3.62. The van der Waals surface area contributed by atoms with E-state index in [1.165, 1.54) is 0 Å². The second kappa shape index (κ2) is 4.92. The highest BCUT2D eigenvalue weighted by atomic mass is 16.5. The summed E-state index contributed by atoms with van der Waals surface area (Å²) in [4.78, 5) is 8.81. The van der Waals surface area contributed by atoms with Crippen molar-refractivity contribution in [1.29, 1.82) is 0 Å². The highest BCUT2D eigenvalue weighted by molar-refractivity contribution is 5.55. The van der Waals surface area contributed by atoms with Gasteiger partial charge >= 0.3 is 0 Å². The third-order valence-electron chi connectivity index (χ3n) is 2.29. The van der Waals surface area contributed by atoms with Gasteiger partial charge in [0.05, 0.1) is 24.1 Å². The molecule has 0 saturated carbocycles. The minimum absolute atomic E-state index is 0.463. The number of ether oxygens (including phenoxy) is 1. The molecule has 6 nitrogen and oxygen atoms in total. The van der Waals surface area contributed by atoms with Crippen molar-refractivity contribution in [2.24, 2.45) is 7.05 Å². The Morgan fingerprint density at radius 1 is 1.41 bits per heavy atom. The van der Waals surface area contributed by atoms with Gasteiger partial charge in [0.2, 0.25) is 0 Å². The Morgan fingerprint density at radius 3 is 2.82 bits per heavy atom. The average Bonchev–Trinajstić information content (AvgIpc) is 2.76. The molecule has 0 unspecified atom stereocenters. The molecule has 0 aliphatic rings. The maximum atomic E-state index is 5.08. The third kappa shape index (κ3) is 2.59. The summed E-state index contributed by atoms with van der Waals surface area (Å²) in [5.74, 6) is 1.42. The summed E-state index contributed by atoms with van der Waals surface area (Å²) in [5.41, 5.74) is 1.73. The molecule has 0 bridgehead atoms. The van der Waals surface area contributed by atoms with E-state index < -0.39 is 0 Å². The van der Waals surface area contributed by atoms with E-state index >= 15 is 0 Å². The van der Waals surface area contributed by atoms with Gasteiger partial charge in [-0.3, -0.25) is 4.68 Å². The summed E-state index contributed by atoms with van der Waals surface area (Å²) >= 11 is 0. The van der Waals surface area contributed by atoms with Gasteiger partial charge in [-0.25, -0.2) is 9.97 Å². The zero-order valence-corrected chi connectivity index (χ0v) is 10.1. The number of nitrogens with one attached hydrogen (secondary N) is 1. The van der Waals surface area contributed by atoms with Crippen molar-refractivity contribution in [2.45, 2.75) is 6.61 Å². The summed E-state index contributed by atoms with van der Waals surface area (Å²) < 4.78 is 6.81. The molecule has 0 aliphatic carbocycles. The third-order valence-corrected chi connectivity index (χ3v) is 2.29. The van der Waals surface area contributed by atoms with Gasteiger partial charge < -0.3 is 10.1 Å². The lowest BCUT2D eigenvalue weighted by Gasteiger charge is -2.05. The lowest BCUT2D eigenvalue weighted by Crippen LogP contribution is -2.01. The van der Waals surface area contributed by atoms with Crippen LogP contribution in [0.3, 0.4) is 0 Å². The van der Waals surface area contributed by atoms with E-state index in [1.54, 1.807) is 18.0 Å². The molecule has 0 radical (unpaired) electrons. The van der Waals surface area contributed by atoms with Crippen LogP contribution in [0.5, 0.6) is 0 Å². The summed E-state index contributed by atoms with van der Waals surface area (Å²) in [5, 5.41) is 7.12. The van der Waals surface area contributed by atoms with Gasteiger partial charge in [-0.05, 0) is 0 Å². The van der Waals surface area contributed by atoms with E-state index in [9.17, 15) is 0 Å². The predicted octanol–water partition coefficient (Wildman–Crippen LogP) is 1.07. The fraction of sp³-hybridized carbons (Fsp3) is 0.364. The van der Waals surface area contributed by atoms with Crippen LogP contribution in [0.15, 0.2) is 18.5 Å². The lowest BCUT2D eigenvalue weighted by atomic mass is 10.3. The largest absolute Gasteiger partial charge is 0.378 e. The molecule has 2 heterocycles. The first-order valence-corrected chi connectivity index (χ1v) is 5.26. The van der Waals surface area contributed by atoms with Crippen molar-refractivity contribution < 1.29 is 4.74 Å². The van der Waals surface area contributed by atoms with Crippen molar-refractivity contribution in [2.75, 3.05) is 19.5 Å². The quantitative estimate of drug-likeness (QED) is 0.855. The summed E-state index contributed by atoms with van der Waals surface area (Å²) in [6.45, 7) is 0.463. The van der Waals surface area contributed by atoms with Crippen LogP contribution < -0.4 is 5.32 Å². The highest BCUT2D eigenvalue weighted by Gasteiger charge is 2.07. The van der Waals surface area contributed by atoms with Crippen molar-refractivity contribution in [3.63, 3.8) is 0 Å². The van der Waals surface area contributed by atoms with Gasteiger partial charge in [-0.1, -0.05) is 0 Å². The standard InChI is InChI=1S/C11H15N5O/c1-12-10-4-9(7-17-3)14-11(15-10)8-5-13-16(2)6-8/h4-6H,7H2,1-3H3,(H,12,14,15). The molecular formula is C11H15N5O. The summed E-state index contributed by atoms with van der Waals surface area (Å²) in [6, 6.07) is 1.86. The fourth-order valence-electron chi connectivity index (χ4n) is 1.51. The van der Waals surface area contributed by atoms with Crippen molar-refractivity contribution in [3.8, 4) is 11.4 Å². The zero-order chi connectivity index (χ0) is 12.3. The number of methoxy groups -OCH3 is 1. The number of rotatable bonds is 4. The van der Waals surface area contributed by atoms with Crippen LogP contribution in [0, 0.1) is 0 Å². The van der Waals surface area contributed by atoms with Gasteiger partial charge in [-0.15, -0.1) is 0 Å². The number of anilines is 1. The molecule has 0 atom stereocenters. The number of hydrogen-bond acceptors (Lipinski definition) is 5. The minimum atomic E-state index is 0.463. The van der Waals surface area contributed by atoms with Gasteiger partial charge in [-0.2, -0.15) is 5.10 Å². The van der Waals surface area contributed by atoms with E-state index in [1.807, 2.05) is 26.4 Å². The van der Waals surface area contributed by atoms with Crippen molar-refractivity contribution in [1.82, 2.24) is 19.7 Å². The molecule has 17 heavy (non-hydrogen) atoms. The predicted molar refractivity (Wildman–Crippen MR) is 64.5 cm³/mol. The van der Waals surface area contributed by atoms with Crippen molar-refractivity contribution in [3.05, 3.63) is 24.2 Å². The van der Waals surface area contributed by atoms with Gasteiger partial charge in [0, 0.05) is 33.5 Å². The van der Waals surface area contributed by atoms with Crippen LogP contribution in [0.2, 0.25) is 0 Å². The van der Waals surface area contributed by atoms with E-state index in [0.29, 0.717) is 12.4 Å². The Bertz CT molecular complexity index is 508. The topological polar surface area (TPSA) is 64.9 Å². The smallest absolute Gasteiger partial charge is 0.165 e. The van der Waals surface area contributed by atoms with Crippen LogP contribution in [-0.2, 0) is 18.4 Å². The molecule has 0 spiro atoms. The molecule has 0 saturated heterocycles. The molecule has 2 aromatic rings. The molecule has 2 rings (SSSR count). The molecule has 0 aromatic carbocycles. The van der Waals surface area contributed by atoms with Crippen LogP contribution >= 0.6 is 0 Å². The number of aryl methyl sites for hydroxylation is 1. The molecular weight excluding hydrogens is 218 g/mol. The Labute approximate surface area is 99.7 Å². The molecule has 6 heteroatoms. The first kappa shape index (κ1) is 11.5. The van der Waals surface area contributed by atoms with E-state index in [-0.39, 0.29) is 0 Å². The Morgan fingerprint density at radius 2 is 2.24 bits per heavy atom. The van der Waals surface area contributed by atoms with Crippen LogP contribution in [0.25, 0.3) is 11.4 Å². The first-order valence-electron chi connectivity index (χ1n) is 5.26. The molecule has 0 aliphatic heterocycles. The first-order chi connectivity index (χ1) is 8.22. The van der Waals surface area contributed by atoms with Crippen LogP contribution in [0.1, 0.15) is 5.69 Å². The SMILES string of the molecule is CNc1cc(COC)nc(-c2cnn(C)c2)n1. The minimum Gasteiger partial charge on any atom is -0.378 e. The van der Waals surface area contributed by atoms with E-state index in [4.69, 9.17) is 4.74 Å². The normalized spacial score (nSPS) is 10.5. The van der Waals surface area contributed by atoms with E-state index in [0.717, 1.165) is 17.1 Å². The number of nitrogens with zero attached hydrogens (tertiary/aromatic N) is 4. The van der Waals surface area contributed by atoms with Crippen molar-refractivity contribution >= 4 is 5.82 Å². The maximum Gasteiger partial charge on any atom is 0.165 e. The van der Waals surface area contributed by atoms with Gasteiger partial charge in [0.1, 0.15) is 5.82 Å². The molecule has 0 fully saturated rings. The number of aromatic nitrogens is 4. The second-order valence-corrected chi connectivity index (χ2v) is 3.65. The van der Waals surface area contributed by atoms with E-state index in [2.05, 4.69) is 20.4 Å².